The van der Waals surface area contributed by atoms with E-state index in [1.807, 2.05) is 18.2 Å². The van der Waals surface area contributed by atoms with Gasteiger partial charge in [-0.3, -0.25) is 4.79 Å². The molecule has 1 aliphatic rings. The van der Waals surface area contributed by atoms with Crippen LogP contribution in [-0.4, -0.2) is 25.6 Å². The Morgan fingerprint density at radius 3 is 2.95 bits per heavy atom. The van der Waals surface area contributed by atoms with E-state index in [2.05, 4.69) is 16.7 Å². The molecule has 1 heterocycles. The molecule has 1 aliphatic heterocycles. The Labute approximate surface area is 133 Å². The molecule has 1 saturated heterocycles. The molecule has 0 radical (unpaired) electrons. The number of nitrogens with one attached hydrogen (secondary N) is 2. The summed E-state index contributed by atoms with van der Waals surface area (Å²) in [4.78, 5) is 11.8. The summed E-state index contributed by atoms with van der Waals surface area (Å²) in [5.74, 6) is 0.135. The summed E-state index contributed by atoms with van der Waals surface area (Å²) in [5.41, 5.74) is 2.25. The van der Waals surface area contributed by atoms with E-state index in [0.717, 1.165) is 24.1 Å². The first-order chi connectivity index (χ1) is 9.78. The highest BCUT2D eigenvalue weighted by molar-refractivity contribution is 5.85. The minimum atomic E-state index is 0. The molecular formula is C16H25ClN2O2. The summed E-state index contributed by atoms with van der Waals surface area (Å²) >= 11 is 0. The van der Waals surface area contributed by atoms with E-state index < -0.39 is 0 Å². The fourth-order valence-electron chi connectivity index (χ4n) is 2.59. The van der Waals surface area contributed by atoms with Gasteiger partial charge in [-0.15, -0.1) is 12.4 Å². The highest BCUT2D eigenvalue weighted by Gasteiger charge is 2.14. The SMILES string of the molecule is COCc1cccc(CNC(=O)CCC2CCCN2)c1.Cl. The minimum Gasteiger partial charge on any atom is -0.380 e. The van der Waals surface area contributed by atoms with Crippen LogP contribution in [0, 0.1) is 0 Å². The second kappa shape index (κ2) is 9.77. The van der Waals surface area contributed by atoms with Crippen molar-refractivity contribution >= 4 is 18.3 Å². The number of carbonyl (C=O) groups excluding carboxylic acids is 1. The van der Waals surface area contributed by atoms with Crippen LogP contribution < -0.4 is 10.6 Å². The first kappa shape index (κ1) is 18.0. The molecular weight excluding hydrogens is 288 g/mol. The number of rotatable bonds is 7. The van der Waals surface area contributed by atoms with Crippen LogP contribution in [-0.2, 0) is 22.7 Å². The summed E-state index contributed by atoms with van der Waals surface area (Å²) in [5, 5.41) is 6.40. The van der Waals surface area contributed by atoms with Gasteiger partial charge in [0, 0.05) is 26.1 Å². The zero-order valence-corrected chi connectivity index (χ0v) is 13.4. The van der Waals surface area contributed by atoms with E-state index in [0.29, 0.717) is 25.6 Å². The average Bonchev–Trinajstić information content (AvgIpc) is 2.97. The van der Waals surface area contributed by atoms with Crippen molar-refractivity contribution in [2.24, 2.45) is 0 Å². The smallest absolute Gasteiger partial charge is 0.220 e. The lowest BCUT2D eigenvalue weighted by Crippen LogP contribution is -2.27. The Balaban J connectivity index is 0.00000220. The van der Waals surface area contributed by atoms with Crippen molar-refractivity contribution in [1.29, 1.82) is 0 Å². The molecule has 21 heavy (non-hydrogen) atoms. The van der Waals surface area contributed by atoms with Crippen LogP contribution >= 0.6 is 12.4 Å². The van der Waals surface area contributed by atoms with Gasteiger partial charge in [-0.1, -0.05) is 24.3 Å². The molecule has 2 rings (SSSR count). The van der Waals surface area contributed by atoms with Gasteiger partial charge in [0.05, 0.1) is 6.61 Å². The fourth-order valence-corrected chi connectivity index (χ4v) is 2.59. The second-order valence-corrected chi connectivity index (χ2v) is 5.36. The van der Waals surface area contributed by atoms with Crippen molar-refractivity contribution in [3.05, 3.63) is 35.4 Å². The maximum absolute atomic E-state index is 11.8. The molecule has 1 unspecified atom stereocenters. The highest BCUT2D eigenvalue weighted by atomic mass is 35.5. The van der Waals surface area contributed by atoms with Crippen molar-refractivity contribution in [3.8, 4) is 0 Å². The molecule has 2 N–H and O–H groups in total. The van der Waals surface area contributed by atoms with Gasteiger partial charge in [0.15, 0.2) is 0 Å². The number of carbonyl (C=O) groups is 1. The minimum absolute atomic E-state index is 0. The molecule has 1 atom stereocenters. The van der Waals surface area contributed by atoms with Crippen LogP contribution in [0.15, 0.2) is 24.3 Å². The first-order valence-corrected chi connectivity index (χ1v) is 7.35. The second-order valence-electron chi connectivity index (χ2n) is 5.36. The maximum atomic E-state index is 11.8. The van der Waals surface area contributed by atoms with Crippen molar-refractivity contribution in [3.63, 3.8) is 0 Å². The van der Waals surface area contributed by atoms with Gasteiger partial charge in [0.1, 0.15) is 0 Å². The molecule has 5 heteroatoms. The Hall–Kier alpha value is -1.10. The topological polar surface area (TPSA) is 50.4 Å². The first-order valence-electron chi connectivity index (χ1n) is 7.35. The van der Waals surface area contributed by atoms with Crippen LogP contribution in [0.1, 0.15) is 36.8 Å². The van der Waals surface area contributed by atoms with Crippen molar-refractivity contribution in [1.82, 2.24) is 10.6 Å². The van der Waals surface area contributed by atoms with Crippen LogP contribution in [0.3, 0.4) is 0 Å². The summed E-state index contributed by atoms with van der Waals surface area (Å²) in [6, 6.07) is 8.66. The lowest BCUT2D eigenvalue weighted by Gasteiger charge is -2.10. The quantitative estimate of drug-likeness (QED) is 0.813. The number of ether oxygens (including phenoxy) is 1. The molecule has 1 aromatic carbocycles. The maximum Gasteiger partial charge on any atom is 0.220 e. The summed E-state index contributed by atoms with van der Waals surface area (Å²) in [7, 11) is 1.69. The van der Waals surface area contributed by atoms with E-state index in [1.54, 1.807) is 7.11 Å². The zero-order valence-electron chi connectivity index (χ0n) is 12.6. The van der Waals surface area contributed by atoms with E-state index in [4.69, 9.17) is 4.74 Å². The van der Waals surface area contributed by atoms with Crippen LogP contribution in [0.5, 0.6) is 0 Å². The Kier molecular flexibility index (Phi) is 8.35. The number of hydrogen-bond donors (Lipinski definition) is 2. The van der Waals surface area contributed by atoms with Crippen LogP contribution in [0.4, 0.5) is 0 Å². The largest absolute Gasteiger partial charge is 0.380 e. The zero-order chi connectivity index (χ0) is 14.2. The predicted octanol–water partition coefficient (Wildman–Crippen LogP) is 2.40. The number of methoxy groups -OCH3 is 1. The van der Waals surface area contributed by atoms with Crippen LogP contribution in [0.2, 0.25) is 0 Å². The standard InChI is InChI=1S/C16H24N2O2.ClH/c1-20-12-14-5-2-4-13(10-14)11-18-16(19)8-7-15-6-3-9-17-15;/h2,4-5,10,15,17H,3,6-9,11-12H2,1H3,(H,18,19);1H. The van der Waals surface area contributed by atoms with Gasteiger partial charge >= 0.3 is 0 Å². The highest BCUT2D eigenvalue weighted by Crippen LogP contribution is 2.11. The van der Waals surface area contributed by atoms with E-state index in [1.165, 1.54) is 12.8 Å². The molecule has 0 saturated carbocycles. The summed E-state index contributed by atoms with van der Waals surface area (Å²) in [6.45, 7) is 2.29. The number of benzene rings is 1. The molecule has 0 bridgehead atoms. The predicted molar refractivity (Wildman–Crippen MR) is 86.5 cm³/mol. The van der Waals surface area contributed by atoms with Gasteiger partial charge < -0.3 is 15.4 Å². The van der Waals surface area contributed by atoms with E-state index in [-0.39, 0.29) is 18.3 Å². The molecule has 0 spiro atoms. The summed E-state index contributed by atoms with van der Waals surface area (Å²) < 4.78 is 5.11. The van der Waals surface area contributed by atoms with E-state index in [9.17, 15) is 4.79 Å². The monoisotopic (exact) mass is 312 g/mol. The van der Waals surface area contributed by atoms with E-state index >= 15 is 0 Å². The summed E-state index contributed by atoms with van der Waals surface area (Å²) in [6.07, 6.45) is 3.98. The average molecular weight is 313 g/mol. The third-order valence-electron chi connectivity index (χ3n) is 3.67. The van der Waals surface area contributed by atoms with Gasteiger partial charge in [-0.2, -0.15) is 0 Å². The van der Waals surface area contributed by atoms with Crippen molar-refractivity contribution in [2.75, 3.05) is 13.7 Å². The number of halogens is 1. The van der Waals surface area contributed by atoms with Crippen molar-refractivity contribution in [2.45, 2.75) is 44.9 Å². The van der Waals surface area contributed by atoms with Gasteiger partial charge in [-0.25, -0.2) is 0 Å². The lowest BCUT2D eigenvalue weighted by molar-refractivity contribution is -0.121. The van der Waals surface area contributed by atoms with Crippen LogP contribution in [0.25, 0.3) is 0 Å². The Morgan fingerprint density at radius 2 is 2.24 bits per heavy atom. The Bertz CT molecular complexity index is 434. The van der Waals surface area contributed by atoms with Gasteiger partial charge in [0.2, 0.25) is 5.91 Å². The molecule has 1 aromatic rings. The number of amides is 1. The molecule has 118 valence electrons. The molecule has 0 aromatic heterocycles. The third kappa shape index (κ3) is 6.46. The molecule has 0 aliphatic carbocycles. The molecule has 4 nitrogen and oxygen atoms in total. The normalized spacial score (nSPS) is 17.3. The molecule has 1 fully saturated rings. The van der Waals surface area contributed by atoms with Crippen molar-refractivity contribution < 1.29 is 9.53 Å². The number of hydrogen-bond acceptors (Lipinski definition) is 3. The Morgan fingerprint density at radius 1 is 1.43 bits per heavy atom. The lowest BCUT2D eigenvalue weighted by atomic mass is 10.1. The third-order valence-corrected chi connectivity index (χ3v) is 3.67. The molecule has 1 amide bonds. The fraction of sp³-hybridized carbons (Fsp3) is 0.562. The van der Waals surface area contributed by atoms with Gasteiger partial charge in [0.25, 0.3) is 0 Å². The van der Waals surface area contributed by atoms with Gasteiger partial charge in [-0.05, 0) is 36.9 Å².